The second kappa shape index (κ2) is 5.89. The topological polar surface area (TPSA) is 12.0 Å². The van der Waals surface area contributed by atoms with Gasteiger partial charge in [-0.2, -0.15) is 0 Å². The van der Waals surface area contributed by atoms with Crippen molar-refractivity contribution in [1.29, 1.82) is 0 Å². The first-order chi connectivity index (χ1) is 7.13. The van der Waals surface area contributed by atoms with E-state index in [1.807, 2.05) is 12.2 Å². The minimum absolute atomic E-state index is 0.160. The van der Waals surface area contributed by atoms with E-state index in [0.29, 0.717) is 6.04 Å². The standard InChI is InChI=1S/C12H15ClFN/c1-3-15-9(2)4-5-10-6-7-12(14)11(13)8-10/h4-9,15H,3H2,1-2H3/b5-4+. The predicted octanol–water partition coefficient (Wildman–Crippen LogP) is 3.49. The van der Waals surface area contributed by atoms with Crippen LogP contribution in [0.2, 0.25) is 5.02 Å². The van der Waals surface area contributed by atoms with Gasteiger partial charge in [0.15, 0.2) is 0 Å². The molecule has 1 atom stereocenters. The highest BCUT2D eigenvalue weighted by molar-refractivity contribution is 6.30. The summed E-state index contributed by atoms with van der Waals surface area (Å²) in [5, 5.41) is 3.41. The van der Waals surface area contributed by atoms with E-state index in [-0.39, 0.29) is 10.8 Å². The van der Waals surface area contributed by atoms with Crippen LogP contribution < -0.4 is 5.32 Å². The van der Waals surface area contributed by atoms with E-state index in [1.165, 1.54) is 6.07 Å². The summed E-state index contributed by atoms with van der Waals surface area (Å²) in [4.78, 5) is 0. The van der Waals surface area contributed by atoms with Crippen LogP contribution in [0.5, 0.6) is 0 Å². The van der Waals surface area contributed by atoms with Crippen LogP contribution in [0.1, 0.15) is 19.4 Å². The highest BCUT2D eigenvalue weighted by Gasteiger charge is 1.98. The third-order valence-corrected chi connectivity index (χ3v) is 2.34. The number of hydrogen-bond donors (Lipinski definition) is 1. The highest BCUT2D eigenvalue weighted by atomic mass is 35.5. The Morgan fingerprint density at radius 1 is 1.53 bits per heavy atom. The minimum atomic E-state index is -0.381. The van der Waals surface area contributed by atoms with Crippen LogP contribution in [-0.4, -0.2) is 12.6 Å². The van der Waals surface area contributed by atoms with Gasteiger partial charge in [-0.15, -0.1) is 0 Å². The van der Waals surface area contributed by atoms with Crippen LogP contribution in [0.4, 0.5) is 4.39 Å². The highest BCUT2D eigenvalue weighted by Crippen LogP contribution is 2.16. The third-order valence-electron chi connectivity index (χ3n) is 2.05. The Bertz CT molecular complexity index is 349. The summed E-state index contributed by atoms with van der Waals surface area (Å²) in [7, 11) is 0. The van der Waals surface area contributed by atoms with Gasteiger partial charge in [0.25, 0.3) is 0 Å². The molecule has 0 radical (unpaired) electrons. The average molecular weight is 228 g/mol. The fraction of sp³-hybridized carbons (Fsp3) is 0.333. The fourth-order valence-electron chi connectivity index (χ4n) is 1.26. The molecule has 3 heteroatoms. The summed E-state index contributed by atoms with van der Waals surface area (Å²) >= 11 is 5.67. The number of halogens is 2. The van der Waals surface area contributed by atoms with E-state index < -0.39 is 0 Å². The van der Waals surface area contributed by atoms with Crippen molar-refractivity contribution in [1.82, 2.24) is 5.32 Å². The summed E-state index contributed by atoms with van der Waals surface area (Å²) in [6, 6.07) is 5.00. The zero-order chi connectivity index (χ0) is 11.3. The first-order valence-electron chi connectivity index (χ1n) is 5.00. The molecule has 0 bridgehead atoms. The van der Waals surface area contributed by atoms with Crippen LogP contribution in [0.3, 0.4) is 0 Å². The Labute approximate surface area is 95.0 Å². The molecule has 0 fully saturated rings. The minimum Gasteiger partial charge on any atom is -0.311 e. The van der Waals surface area contributed by atoms with Crippen molar-refractivity contribution < 1.29 is 4.39 Å². The van der Waals surface area contributed by atoms with Crippen molar-refractivity contribution in [3.8, 4) is 0 Å². The largest absolute Gasteiger partial charge is 0.311 e. The van der Waals surface area contributed by atoms with Gasteiger partial charge in [0.05, 0.1) is 5.02 Å². The summed E-state index contributed by atoms with van der Waals surface area (Å²) in [6.45, 7) is 5.04. The molecule has 0 aromatic heterocycles. The van der Waals surface area contributed by atoms with Crippen LogP contribution in [0.15, 0.2) is 24.3 Å². The molecule has 1 unspecified atom stereocenters. The lowest BCUT2D eigenvalue weighted by Gasteiger charge is -2.05. The van der Waals surface area contributed by atoms with Gasteiger partial charge >= 0.3 is 0 Å². The Morgan fingerprint density at radius 2 is 2.27 bits per heavy atom. The van der Waals surface area contributed by atoms with Crippen LogP contribution in [-0.2, 0) is 0 Å². The van der Waals surface area contributed by atoms with Crippen molar-refractivity contribution in [3.63, 3.8) is 0 Å². The van der Waals surface area contributed by atoms with Gasteiger partial charge in [-0.05, 0) is 31.2 Å². The van der Waals surface area contributed by atoms with Crippen molar-refractivity contribution >= 4 is 17.7 Å². The van der Waals surface area contributed by atoms with Gasteiger partial charge in [-0.1, -0.05) is 36.7 Å². The maximum absolute atomic E-state index is 12.8. The maximum atomic E-state index is 12.8. The number of hydrogen-bond acceptors (Lipinski definition) is 1. The average Bonchev–Trinajstić information content (AvgIpc) is 2.20. The zero-order valence-electron chi connectivity index (χ0n) is 8.93. The van der Waals surface area contributed by atoms with Gasteiger partial charge in [0.1, 0.15) is 5.82 Å². The third kappa shape index (κ3) is 4.02. The molecular weight excluding hydrogens is 213 g/mol. The second-order valence-electron chi connectivity index (χ2n) is 3.38. The normalized spacial score (nSPS) is 13.3. The van der Waals surface area contributed by atoms with E-state index in [2.05, 4.69) is 19.2 Å². The Morgan fingerprint density at radius 3 is 2.87 bits per heavy atom. The molecule has 1 rings (SSSR count). The lowest BCUT2D eigenvalue weighted by Crippen LogP contribution is -2.22. The lowest BCUT2D eigenvalue weighted by atomic mass is 10.2. The quantitative estimate of drug-likeness (QED) is 0.831. The van der Waals surface area contributed by atoms with Crippen LogP contribution in [0, 0.1) is 5.82 Å². The number of rotatable bonds is 4. The summed E-state index contributed by atoms with van der Waals surface area (Å²) in [5.74, 6) is -0.381. The van der Waals surface area contributed by atoms with Gasteiger partial charge in [0, 0.05) is 6.04 Å². The van der Waals surface area contributed by atoms with E-state index in [4.69, 9.17) is 11.6 Å². The molecule has 1 nitrogen and oxygen atoms in total. The molecule has 0 aliphatic heterocycles. The maximum Gasteiger partial charge on any atom is 0.141 e. The SMILES string of the molecule is CCNC(C)/C=C/c1ccc(F)c(Cl)c1. The molecule has 0 heterocycles. The first kappa shape index (κ1) is 12.2. The first-order valence-corrected chi connectivity index (χ1v) is 5.38. The van der Waals surface area contributed by atoms with Gasteiger partial charge in [-0.25, -0.2) is 4.39 Å². The molecular formula is C12H15ClFN. The van der Waals surface area contributed by atoms with Crippen molar-refractivity contribution in [2.24, 2.45) is 0 Å². The monoisotopic (exact) mass is 227 g/mol. The summed E-state index contributed by atoms with van der Waals surface area (Å²) < 4.78 is 12.8. The molecule has 0 aliphatic carbocycles. The van der Waals surface area contributed by atoms with E-state index >= 15 is 0 Å². The molecule has 0 aliphatic rings. The van der Waals surface area contributed by atoms with E-state index in [9.17, 15) is 4.39 Å². The molecule has 82 valence electrons. The Balaban J connectivity index is 2.68. The molecule has 0 amide bonds. The molecule has 1 aromatic carbocycles. The zero-order valence-corrected chi connectivity index (χ0v) is 9.68. The number of nitrogens with one attached hydrogen (secondary N) is 1. The second-order valence-corrected chi connectivity index (χ2v) is 3.79. The van der Waals surface area contributed by atoms with Gasteiger partial charge < -0.3 is 5.32 Å². The molecule has 1 aromatic rings. The van der Waals surface area contributed by atoms with Crippen molar-refractivity contribution in [2.45, 2.75) is 19.9 Å². The lowest BCUT2D eigenvalue weighted by molar-refractivity contribution is 0.628. The van der Waals surface area contributed by atoms with E-state index in [0.717, 1.165) is 12.1 Å². The van der Waals surface area contributed by atoms with Gasteiger partial charge in [-0.3, -0.25) is 0 Å². The fourth-order valence-corrected chi connectivity index (χ4v) is 1.45. The summed E-state index contributed by atoms with van der Waals surface area (Å²) in [6.07, 6.45) is 3.95. The smallest absolute Gasteiger partial charge is 0.141 e. The predicted molar refractivity (Wildman–Crippen MR) is 63.6 cm³/mol. The molecule has 0 saturated heterocycles. The van der Waals surface area contributed by atoms with Gasteiger partial charge in [0.2, 0.25) is 0 Å². The van der Waals surface area contributed by atoms with Crippen LogP contribution >= 0.6 is 11.6 Å². The van der Waals surface area contributed by atoms with Crippen molar-refractivity contribution in [3.05, 3.63) is 40.7 Å². The van der Waals surface area contributed by atoms with Crippen molar-refractivity contribution in [2.75, 3.05) is 6.54 Å². The van der Waals surface area contributed by atoms with E-state index in [1.54, 1.807) is 12.1 Å². The Hall–Kier alpha value is -0.860. The summed E-state index contributed by atoms with van der Waals surface area (Å²) in [5.41, 5.74) is 0.908. The molecule has 0 saturated carbocycles. The number of benzene rings is 1. The molecule has 0 spiro atoms. The molecule has 15 heavy (non-hydrogen) atoms. The number of likely N-dealkylation sites (N-methyl/N-ethyl adjacent to an activating group) is 1. The molecule has 1 N–H and O–H groups in total. The van der Waals surface area contributed by atoms with Crippen LogP contribution in [0.25, 0.3) is 6.08 Å². The Kier molecular flexibility index (Phi) is 4.79.